The van der Waals surface area contributed by atoms with E-state index in [1.807, 2.05) is 0 Å². The Hall–Kier alpha value is -1.96. The maximum absolute atomic E-state index is 13.1. The molecule has 24 heavy (non-hydrogen) atoms. The molecule has 0 bridgehead atoms. The van der Waals surface area contributed by atoms with Crippen molar-refractivity contribution in [2.45, 2.75) is 17.4 Å². The third-order valence-electron chi connectivity index (χ3n) is 3.36. The van der Waals surface area contributed by atoms with Crippen molar-refractivity contribution in [1.29, 1.82) is 0 Å². The molecular weight excluding hydrogens is 355 g/mol. The van der Waals surface area contributed by atoms with Crippen molar-refractivity contribution in [3.63, 3.8) is 0 Å². The van der Waals surface area contributed by atoms with Crippen molar-refractivity contribution in [1.82, 2.24) is 10.0 Å². The van der Waals surface area contributed by atoms with Crippen LogP contribution in [0.15, 0.2) is 53.4 Å². The molecule has 128 valence electrons. The molecule has 1 atom stereocenters. The Kier molecular flexibility index (Phi) is 5.93. The Bertz CT molecular complexity index is 808. The lowest BCUT2D eigenvalue weighted by Gasteiger charge is -2.18. The van der Waals surface area contributed by atoms with E-state index < -0.39 is 21.9 Å². The third-order valence-corrected chi connectivity index (χ3v) is 5.10. The summed E-state index contributed by atoms with van der Waals surface area (Å²) in [4.78, 5) is 11.7. The molecule has 0 unspecified atom stereocenters. The third kappa shape index (κ3) is 4.77. The van der Waals surface area contributed by atoms with Crippen molar-refractivity contribution < 1.29 is 17.6 Å². The molecule has 0 radical (unpaired) electrons. The van der Waals surface area contributed by atoms with Gasteiger partial charge in [0.25, 0.3) is 0 Å². The van der Waals surface area contributed by atoms with Gasteiger partial charge in [-0.1, -0.05) is 23.7 Å². The van der Waals surface area contributed by atoms with E-state index >= 15 is 0 Å². The van der Waals surface area contributed by atoms with Crippen molar-refractivity contribution in [2.24, 2.45) is 0 Å². The number of benzene rings is 2. The Balaban J connectivity index is 2.31. The summed E-state index contributed by atoms with van der Waals surface area (Å²) in [5, 5.41) is 2.86. The summed E-state index contributed by atoms with van der Waals surface area (Å²) in [6, 6.07) is 10.1. The van der Waals surface area contributed by atoms with E-state index in [1.165, 1.54) is 55.6 Å². The van der Waals surface area contributed by atoms with Gasteiger partial charge < -0.3 is 5.32 Å². The van der Waals surface area contributed by atoms with Crippen LogP contribution in [0.1, 0.15) is 18.0 Å². The van der Waals surface area contributed by atoms with E-state index in [4.69, 9.17) is 11.6 Å². The zero-order chi connectivity index (χ0) is 17.7. The predicted molar refractivity (Wildman–Crippen MR) is 89.6 cm³/mol. The minimum Gasteiger partial charge on any atom is -0.359 e. The Morgan fingerprint density at radius 1 is 1.12 bits per heavy atom. The van der Waals surface area contributed by atoms with Crippen LogP contribution in [-0.4, -0.2) is 21.4 Å². The highest BCUT2D eigenvalue weighted by molar-refractivity contribution is 7.89. The molecule has 0 fully saturated rings. The molecule has 0 aliphatic rings. The molecular formula is C16H16ClFN2O3S. The number of carbonyl (C=O) groups is 1. The van der Waals surface area contributed by atoms with Crippen molar-refractivity contribution in [2.75, 3.05) is 7.05 Å². The largest absolute Gasteiger partial charge is 0.359 e. The molecule has 0 aliphatic heterocycles. The highest BCUT2D eigenvalue weighted by Crippen LogP contribution is 2.22. The number of hydrogen-bond acceptors (Lipinski definition) is 3. The van der Waals surface area contributed by atoms with Gasteiger partial charge in [-0.2, -0.15) is 0 Å². The lowest BCUT2D eigenvalue weighted by atomic mass is 10.0. The molecule has 2 aromatic rings. The van der Waals surface area contributed by atoms with Gasteiger partial charge in [0.1, 0.15) is 5.82 Å². The van der Waals surface area contributed by atoms with Crippen LogP contribution in [0.25, 0.3) is 0 Å². The summed E-state index contributed by atoms with van der Waals surface area (Å²) in [5.74, 6) is -0.791. The molecule has 0 spiro atoms. The van der Waals surface area contributed by atoms with Crippen LogP contribution in [0.2, 0.25) is 5.02 Å². The van der Waals surface area contributed by atoms with Gasteiger partial charge in [0.2, 0.25) is 15.9 Å². The molecule has 0 heterocycles. The molecule has 5 nitrogen and oxygen atoms in total. The normalized spacial score (nSPS) is 12.6. The van der Waals surface area contributed by atoms with Gasteiger partial charge in [-0.3, -0.25) is 4.79 Å². The van der Waals surface area contributed by atoms with Gasteiger partial charge in [-0.05, 0) is 42.0 Å². The summed E-state index contributed by atoms with van der Waals surface area (Å²) >= 11 is 5.76. The van der Waals surface area contributed by atoms with Crippen molar-refractivity contribution >= 4 is 27.5 Å². The summed E-state index contributed by atoms with van der Waals surface area (Å²) < 4.78 is 40.6. The fraction of sp³-hybridized carbons (Fsp3) is 0.188. The zero-order valence-corrected chi connectivity index (χ0v) is 14.4. The van der Waals surface area contributed by atoms with E-state index in [-0.39, 0.29) is 17.2 Å². The van der Waals surface area contributed by atoms with Gasteiger partial charge in [-0.25, -0.2) is 17.5 Å². The van der Waals surface area contributed by atoms with Crippen LogP contribution in [0.5, 0.6) is 0 Å². The second-order valence-corrected chi connectivity index (χ2v) is 7.21. The van der Waals surface area contributed by atoms with Gasteiger partial charge in [0.05, 0.1) is 10.9 Å². The first-order chi connectivity index (χ1) is 11.3. The molecule has 2 rings (SSSR count). The molecule has 2 N–H and O–H groups in total. The first-order valence-electron chi connectivity index (χ1n) is 7.06. The fourth-order valence-corrected chi connectivity index (χ4v) is 3.43. The quantitative estimate of drug-likeness (QED) is 0.820. The minimum absolute atomic E-state index is 0.0240. The molecule has 0 saturated heterocycles. The minimum atomic E-state index is -3.87. The topological polar surface area (TPSA) is 75.3 Å². The second-order valence-electron chi connectivity index (χ2n) is 5.06. The van der Waals surface area contributed by atoms with Crippen LogP contribution < -0.4 is 10.0 Å². The Labute approximate surface area is 144 Å². The summed E-state index contributed by atoms with van der Waals surface area (Å²) in [7, 11) is -2.41. The molecule has 0 aromatic heterocycles. The SMILES string of the molecule is CNC(=O)C[C@@H](NS(=O)(=O)c1ccc(Cl)cc1)c1ccc(F)cc1. The van der Waals surface area contributed by atoms with Gasteiger partial charge in [-0.15, -0.1) is 0 Å². The van der Waals surface area contributed by atoms with E-state index in [9.17, 15) is 17.6 Å². The zero-order valence-electron chi connectivity index (χ0n) is 12.8. The number of amides is 1. The van der Waals surface area contributed by atoms with Crippen LogP contribution in [0.4, 0.5) is 4.39 Å². The fourth-order valence-electron chi connectivity index (χ4n) is 2.08. The predicted octanol–water partition coefficient (Wildman–Crippen LogP) is 2.63. The van der Waals surface area contributed by atoms with E-state index in [2.05, 4.69) is 10.0 Å². The van der Waals surface area contributed by atoms with Crippen LogP contribution in [-0.2, 0) is 14.8 Å². The van der Waals surface area contributed by atoms with Crippen LogP contribution >= 0.6 is 11.6 Å². The van der Waals surface area contributed by atoms with Crippen molar-refractivity contribution in [3.8, 4) is 0 Å². The Morgan fingerprint density at radius 3 is 2.25 bits per heavy atom. The maximum Gasteiger partial charge on any atom is 0.241 e. The lowest BCUT2D eigenvalue weighted by Crippen LogP contribution is -2.32. The number of nitrogens with one attached hydrogen (secondary N) is 2. The highest BCUT2D eigenvalue weighted by atomic mass is 35.5. The Morgan fingerprint density at radius 2 is 1.71 bits per heavy atom. The highest BCUT2D eigenvalue weighted by Gasteiger charge is 2.23. The first-order valence-corrected chi connectivity index (χ1v) is 8.92. The lowest BCUT2D eigenvalue weighted by molar-refractivity contribution is -0.121. The second kappa shape index (κ2) is 7.74. The first kappa shape index (κ1) is 18.4. The summed E-state index contributed by atoms with van der Waals surface area (Å²) in [6.45, 7) is 0. The van der Waals surface area contributed by atoms with E-state index in [1.54, 1.807) is 0 Å². The smallest absolute Gasteiger partial charge is 0.241 e. The maximum atomic E-state index is 13.1. The molecule has 8 heteroatoms. The molecule has 0 aliphatic carbocycles. The monoisotopic (exact) mass is 370 g/mol. The average molecular weight is 371 g/mol. The molecule has 1 amide bonds. The van der Waals surface area contributed by atoms with Crippen LogP contribution in [0, 0.1) is 5.82 Å². The number of carbonyl (C=O) groups excluding carboxylic acids is 1. The van der Waals surface area contributed by atoms with Gasteiger partial charge in [0, 0.05) is 18.5 Å². The standard InChI is InChI=1S/C16H16ClFN2O3S/c1-19-16(21)10-15(11-2-6-13(18)7-3-11)20-24(22,23)14-8-4-12(17)5-9-14/h2-9,15,20H,10H2,1H3,(H,19,21)/t15-/m1/s1. The number of hydrogen-bond donors (Lipinski definition) is 2. The van der Waals surface area contributed by atoms with Gasteiger partial charge in [0.15, 0.2) is 0 Å². The molecule has 2 aromatic carbocycles. The molecule has 0 saturated carbocycles. The number of sulfonamides is 1. The van der Waals surface area contributed by atoms with E-state index in [0.29, 0.717) is 10.6 Å². The van der Waals surface area contributed by atoms with Crippen LogP contribution in [0.3, 0.4) is 0 Å². The summed E-state index contributed by atoms with van der Waals surface area (Å²) in [6.07, 6.45) is -0.116. The average Bonchev–Trinajstić information content (AvgIpc) is 2.55. The van der Waals surface area contributed by atoms with Gasteiger partial charge >= 0.3 is 0 Å². The number of halogens is 2. The summed E-state index contributed by atoms with van der Waals surface area (Å²) in [5.41, 5.74) is 0.484. The number of rotatable bonds is 6. The van der Waals surface area contributed by atoms with Crippen molar-refractivity contribution in [3.05, 3.63) is 64.9 Å². The van der Waals surface area contributed by atoms with E-state index in [0.717, 1.165) is 0 Å².